The molecule has 6 heavy (non-hydrogen) atoms. The molecule has 0 aromatic carbocycles. The molecule has 0 aromatic heterocycles. The standard InChI is InChI=1S/C4H6BrO/c1-2-3-4(5)6/h3H,2H2,1H3. The molecule has 0 bridgehead atoms. The number of carbonyl (C=O) groups excluding carboxylic acids is 1. The molecule has 1 nitrogen and oxygen atoms in total. The minimum absolute atomic E-state index is 0.0231. The zero-order valence-corrected chi connectivity index (χ0v) is 5.16. The van der Waals surface area contributed by atoms with Gasteiger partial charge in [-0.25, -0.2) is 0 Å². The highest BCUT2D eigenvalue weighted by atomic mass is 79.9. The third-order valence-corrected chi connectivity index (χ3v) is 0.688. The highest BCUT2D eigenvalue weighted by Crippen LogP contribution is 1.91. The molecule has 0 fully saturated rings. The Morgan fingerprint density at radius 3 is 2.50 bits per heavy atom. The van der Waals surface area contributed by atoms with Crippen LogP contribution in [0.2, 0.25) is 0 Å². The third-order valence-electron chi connectivity index (χ3n) is 0.365. The molecule has 0 N–H and O–H groups in total. The van der Waals surface area contributed by atoms with E-state index in [-0.39, 0.29) is 4.69 Å². The molecule has 0 unspecified atom stereocenters. The van der Waals surface area contributed by atoms with Gasteiger partial charge in [0.15, 0.2) is 0 Å². The Kier molecular flexibility index (Phi) is 3.43. The summed E-state index contributed by atoms with van der Waals surface area (Å²) in [6.07, 6.45) is 2.38. The number of hydrogen-bond donors (Lipinski definition) is 0. The molecule has 35 valence electrons. The Morgan fingerprint density at radius 2 is 2.50 bits per heavy atom. The number of halogens is 1. The van der Waals surface area contributed by atoms with E-state index < -0.39 is 0 Å². The van der Waals surface area contributed by atoms with E-state index in [1.165, 1.54) is 0 Å². The van der Waals surface area contributed by atoms with Crippen LogP contribution in [0, 0.1) is 6.42 Å². The maximum atomic E-state index is 9.90. The molecule has 0 aliphatic rings. The first-order valence-corrected chi connectivity index (χ1v) is 2.59. The summed E-state index contributed by atoms with van der Waals surface area (Å²) < 4.78 is -0.0231. The molecule has 1 radical (unpaired) electrons. The van der Waals surface area contributed by atoms with Crippen molar-refractivity contribution >= 4 is 20.6 Å². The fourth-order valence-electron chi connectivity index (χ4n) is 0.160. The first-order valence-electron chi connectivity index (χ1n) is 1.80. The van der Waals surface area contributed by atoms with Gasteiger partial charge in [-0.15, -0.1) is 0 Å². The summed E-state index contributed by atoms with van der Waals surface area (Å²) in [5, 5.41) is 0. The maximum Gasteiger partial charge on any atom is 0.201 e. The van der Waals surface area contributed by atoms with Crippen LogP contribution in [0.1, 0.15) is 13.3 Å². The Morgan fingerprint density at radius 1 is 2.00 bits per heavy atom. The van der Waals surface area contributed by atoms with Gasteiger partial charge >= 0.3 is 0 Å². The molecule has 0 aliphatic carbocycles. The van der Waals surface area contributed by atoms with Crippen molar-refractivity contribution < 1.29 is 4.79 Å². The van der Waals surface area contributed by atoms with Gasteiger partial charge in [0.25, 0.3) is 0 Å². The summed E-state index contributed by atoms with van der Waals surface area (Å²) in [6, 6.07) is 0. The summed E-state index contributed by atoms with van der Waals surface area (Å²) in [7, 11) is 0. The van der Waals surface area contributed by atoms with Gasteiger partial charge in [-0.3, -0.25) is 4.79 Å². The lowest BCUT2D eigenvalue weighted by atomic mass is 10.4. The zero-order valence-electron chi connectivity index (χ0n) is 3.57. The topological polar surface area (TPSA) is 17.1 Å². The summed E-state index contributed by atoms with van der Waals surface area (Å²) in [5.41, 5.74) is 0. The van der Waals surface area contributed by atoms with Crippen molar-refractivity contribution in [2.24, 2.45) is 0 Å². The van der Waals surface area contributed by atoms with Crippen LogP contribution in [0.15, 0.2) is 0 Å². The van der Waals surface area contributed by atoms with E-state index in [0.717, 1.165) is 6.42 Å². The number of rotatable bonds is 2. The van der Waals surface area contributed by atoms with Gasteiger partial charge in [0.1, 0.15) is 0 Å². The van der Waals surface area contributed by atoms with E-state index in [1.54, 1.807) is 6.42 Å². The van der Waals surface area contributed by atoms with Crippen molar-refractivity contribution in [3.63, 3.8) is 0 Å². The molecule has 0 spiro atoms. The molecule has 0 heterocycles. The molecule has 0 amide bonds. The lowest BCUT2D eigenvalue weighted by Crippen LogP contribution is -1.80. The monoisotopic (exact) mass is 149 g/mol. The number of carbonyl (C=O) groups is 1. The molecule has 0 saturated carbocycles. The highest BCUT2D eigenvalue weighted by molar-refractivity contribution is 9.18. The summed E-state index contributed by atoms with van der Waals surface area (Å²) >= 11 is 2.74. The predicted octanol–water partition coefficient (Wildman–Crippen LogP) is 1.52. The molecule has 0 rings (SSSR count). The second kappa shape index (κ2) is 3.34. The Bertz CT molecular complexity index is 51.5. The van der Waals surface area contributed by atoms with Gasteiger partial charge in [0.05, 0.1) is 0 Å². The van der Waals surface area contributed by atoms with Crippen LogP contribution in [-0.4, -0.2) is 4.69 Å². The van der Waals surface area contributed by atoms with Crippen molar-refractivity contribution in [3.8, 4) is 0 Å². The van der Waals surface area contributed by atoms with E-state index >= 15 is 0 Å². The van der Waals surface area contributed by atoms with Crippen LogP contribution in [0.25, 0.3) is 0 Å². The van der Waals surface area contributed by atoms with Crippen molar-refractivity contribution in [1.29, 1.82) is 0 Å². The van der Waals surface area contributed by atoms with Crippen LogP contribution in [0.4, 0.5) is 0 Å². The molecular formula is C4H6BrO. The van der Waals surface area contributed by atoms with Gasteiger partial charge < -0.3 is 0 Å². The largest absolute Gasteiger partial charge is 0.286 e. The average molecular weight is 150 g/mol. The van der Waals surface area contributed by atoms with Gasteiger partial charge in [0, 0.05) is 6.42 Å². The quantitative estimate of drug-likeness (QED) is 0.545. The van der Waals surface area contributed by atoms with E-state index in [4.69, 9.17) is 0 Å². The van der Waals surface area contributed by atoms with E-state index in [1.807, 2.05) is 6.92 Å². The van der Waals surface area contributed by atoms with Gasteiger partial charge in [-0.1, -0.05) is 6.92 Å². The minimum Gasteiger partial charge on any atom is -0.286 e. The minimum atomic E-state index is -0.0231. The summed E-state index contributed by atoms with van der Waals surface area (Å²) in [5.74, 6) is 0. The smallest absolute Gasteiger partial charge is 0.201 e. The van der Waals surface area contributed by atoms with Crippen LogP contribution < -0.4 is 0 Å². The van der Waals surface area contributed by atoms with Crippen LogP contribution >= 0.6 is 15.9 Å². The SMILES string of the molecule is CC[CH]C(=O)Br. The van der Waals surface area contributed by atoms with Crippen LogP contribution in [-0.2, 0) is 4.79 Å². The third kappa shape index (κ3) is 4.15. The maximum absolute atomic E-state index is 9.90. The van der Waals surface area contributed by atoms with Gasteiger partial charge in [0.2, 0.25) is 4.69 Å². The Balaban J connectivity index is 2.83. The summed E-state index contributed by atoms with van der Waals surface area (Å²) in [4.78, 5) is 9.90. The predicted molar refractivity (Wildman–Crippen MR) is 28.5 cm³/mol. The first-order chi connectivity index (χ1) is 2.77. The van der Waals surface area contributed by atoms with E-state index in [9.17, 15) is 4.79 Å². The second-order valence-corrected chi connectivity index (χ2v) is 1.70. The van der Waals surface area contributed by atoms with Crippen molar-refractivity contribution in [2.75, 3.05) is 0 Å². The van der Waals surface area contributed by atoms with E-state index in [0.29, 0.717) is 0 Å². The normalized spacial score (nSPS) is 8.33. The van der Waals surface area contributed by atoms with Crippen LogP contribution in [0.5, 0.6) is 0 Å². The molecule has 0 saturated heterocycles. The summed E-state index contributed by atoms with van der Waals surface area (Å²) in [6.45, 7) is 1.92. The lowest BCUT2D eigenvalue weighted by Gasteiger charge is -1.77. The van der Waals surface area contributed by atoms with Gasteiger partial charge in [-0.05, 0) is 22.4 Å². The molecule has 0 aliphatic heterocycles. The van der Waals surface area contributed by atoms with Crippen molar-refractivity contribution in [3.05, 3.63) is 6.42 Å². The second-order valence-electron chi connectivity index (χ2n) is 0.916. The van der Waals surface area contributed by atoms with Crippen molar-refractivity contribution in [2.45, 2.75) is 13.3 Å². The Labute approximate surface area is 45.9 Å². The number of hydrogen-bond acceptors (Lipinski definition) is 1. The zero-order chi connectivity index (χ0) is 4.99. The molecule has 0 atom stereocenters. The Hall–Kier alpha value is 0.150. The van der Waals surface area contributed by atoms with Crippen molar-refractivity contribution in [1.82, 2.24) is 0 Å². The molecule has 0 aromatic rings. The van der Waals surface area contributed by atoms with E-state index in [2.05, 4.69) is 15.9 Å². The fourth-order valence-corrected chi connectivity index (χ4v) is 0.484. The fraction of sp³-hybridized carbons (Fsp3) is 0.500. The molecular weight excluding hydrogens is 144 g/mol. The van der Waals surface area contributed by atoms with Crippen LogP contribution in [0.3, 0.4) is 0 Å². The molecule has 2 heteroatoms. The average Bonchev–Trinajstić information content (AvgIpc) is 1.35. The van der Waals surface area contributed by atoms with Gasteiger partial charge in [-0.2, -0.15) is 0 Å². The lowest BCUT2D eigenvalue weighted by molar-refractivity contribution is -0.107. The first kappa shape index (κ1) is 6.15. The highest BCUT2D eigenvalue weighted by Gasteiger charge is 1.87.